The Hall–Kier alpha value is -1.26. The van der Waals surface area contributed by atoms with Crippen LogP contribution < -0.4 is 14.8 Å². The molecule has 4 nitrogen and oxygen atoms in total. The molecule has 1 aliphatic heterocycles. The zero-order valence-corrected chi connectivity index (χ0v) is 12.8. The molecule has 2 rings (SSSR count). The number of methoxy groups -OCH3 is 2. The predicted molar refractivity (Wildman–Crippen MR) is 81.5 cm³/mol. The Labute approximate surface area is 122 Å². The van der Waals surface area contributed by atoms with Crippen LogP contribution in [0.4, 0.5) is 0 Å². The molecule has 4 heteroatoms. The van der Waals surface area contributed by atoms with Crippen molar-refractivity contribution >= 4 is 0 Å². The first-order valence-electron chi connectivity index (χ1n) is 7.32. The van der Waals surface area contributed by atoms with Gasteiger partial charge in [-0.25, -0.2) is 0 Å². The smallest absolute Gasteiger partial charge is 0.122 e. The molecule has 0 aromatic heterocycles. The topological polar surface area (TPSA) is 33.7 Å². The van der Waals surface area contributed by atoms with Crippen LogP contribution in [0.2, 0.25) is 0 Å². The highest BCUT2D eigenvalue weighted by atomic mass is 16.5. The normalized spacial score (nSPS) is 17.1. The van der Waals surface area contributed by atoms with Crippen molar-refractivity contribution < 1.29 is 9.47 Å². The van der Waals surface area contributed by atoms with Crippen molar-refractivity contribution in [3.05, 3.63) is 23.8 Å². The number of ether oxygens (including phenoxy) is 2. The van der Waals surface area contributed by atoms with Gasteiger partial charge in [-0.2, -0.15) is 0 Å². The van der Waals surface area contributed by atoms with Gasteiger partial charge in [0, 0.05) is 12.6 Å². The number of benzene rings is 1. The first-order chi connectivity index (χ1) is 9.71. The van der Waals surface area contributed by atoms with Gasteiger partial charge in [-0.05, 0) is 63.1 Å². The van der Waals surface area contributed by atoms with Gasteiger partial charge in [-0.1, -0.05) is 0 Å². The van der Waals surface area contributed by atoms with E-state index in [2.05, 4.69) is 29.4 Å². The van der Waals surface area contributed by atoms with Gasteiger partial charge in [-0.15, -0.1) is 0 Å². The molecule has 1 aliphatic rings. The van der Waals surface area contributed by atoms with Gasteiger partial charge in [0.1, 0.15) is 11.5 Å². The van der Waals surface area contributed by atoms with E-state index in [1.807, 2.05) is 6.07 Å². The van der Waals surface area contributed by atoms with Crippen LogP contribution in [0, 0.1) is 5.92 Å². The fourth-order valence-corrected chi connectivity index (χ4v) is 2.66. The van der Waals surface area contributed by atoms with Crippen LogP contribution in [0.3, 0.4) is 0 Å². The zero-order chi connectivity index (χ0) is 14.4. The first-order valence-corrected chi connectivity index (χ1v) is 7.32. The molecule has 0 radical (unpaired) electrons. The van der Waals surface area contributed by atoms with E-state index in [0.29, 0.717) is 0 Å². The molecular formula is C16H26N2O2. The molecule has 0 saturated carbocycles. The summed E-state index contributed by atoms with van der Waals surface area (Å²) in [7, 11) is 5.57. The predicted octanol–water partition coefficient (Wildman–Crippen LogP) is 2.14. The lowest BCUT2D eigenvalue weighted by Crippen LogP contribution is -2.34. The Morgan fingerprint density at radius 1 is 1.10 bits per heavy atom. The number of hydrogen-bond donors (Lipinski definition) is 1. The minimum Gasteiger partial charge on any atom is -0.497 e. The summed E-state index contributed by atoms with van der Waals surface area (Å²) in [5.41, 5.74) is 1.20. The molecular weight excluding hydrogens is 252 g/mol. The van der Waals surface area contributed by atoms with Gasteiger partial charge < -0.3 is 19.7 Å². The third-order valence-electron chi connectivity index (χ3n) is 4.01. The Morgan fingerprint density at radius 2 is 1.70 bits per heavy atom. The van der Waals surface area contributed by atoms with Crippen molar-refractivity contribution in [1.82, 2.24) is 10.2 Å². The summed E-state index contributed by atoms with van der Waals surface area (Å²) >= 11 is 0. The van der Waals surface area contributed by atoms with E-state index < -0.39 is 0 Å². The second-order valence-electron chi connectivity index (χ2n) is 5.60. The average molecular weight is 278 g/mol. The van der Waals surface area contributed by atoms with E-state index >= 15 is 0 Å². The number of nitrogens with one attached hydrogen (secondary N) is 1. The molecule has 0 aliphatic carbocycles. The van der Waals surface area contributed by atoms with Crippen molar-refractivity contribution in [2.24, 2.45) is 5.92 Å². The Kier molecular flexibility index (Phi) is 5.68. The van der Waals surface area contributed by atoms with Crippen LogP contribution in [0.25, 0.3) is 0 Å². The van der Waals surface area contributed by atoms with Gasteiger partial charge in [0.2, 0.25) is 0 Å². The van der Waals surface area contributed by atoms with Crippen LogP contribution in [0.5, 0.6) is 11.5 Å². The summed E-state index contributed by atoms with van der Waals surface area (Å²) in [6.45, 7) is 4.39. The summed E-state index contributed by atoms with van der Waals surface area (Å²) < 4.78 is 10.6. The van der Waals surface area contributed by atoms with Gasteiger partial charge in [0.15, 0.2) is 0 Å². The molecule has 0 amide bonds. The summed E-state index contributed by atoms with van der Waals surface area (Å²) in [6, 6.07) is 6.02. The van der Waals surface area contributed by atoms with Crippen LogP contribution in [-0.4, -0.2) is 45.8 Å². The highest BCUT2D eigenvalue weighted by Crippen LogP contribution is 2.22. The quantitative estimate of drug-likeness (QED) is 0.864. The molecule has 1 heterocycles. The van der Waals surface area contributed by atoms with Crippen LogP contribution >= 0.6 is 0 Å². The highest BCUT2D eigenvalue weighted by molar-refractivity contribution is 5.38. The maximum Gasteiger partial charge on any atom is 0.122 e. The first kappa shape index (κ1) is 15.1. The lowest BCUT2D eigenvalue weighted by Gasteiger charge is -2.29. The summed E-state index contributed by atoms with van der Waals surface area (Å²) in [5.74, 6) is 2.50. The van der Waals surface area contributed by atoms with Gasteiger partial charge in [0.05, 0.1) is 14.2 Å². The van der Waals surface area contributed by atoms with Crippen LogP contribution in [-0.2, 0) is 6.54 Å². The van der Waals surface area contributed by atoms with E-state index in [4.69, 9.17) is 9.47 Å². The summed E-state index contributed by atoms with van der Waals surface area (Å²) in [4.78, 5) is 2.41. The van der Waals surface area contributed by atoms with Crippen molar-refractivity contribution in [3.63, 3.8) is 0 Å². The molecule has 0 spiro atoms. The fourth-order valence-electron chi connectivity index (χ4n) is 2.66. The lowest BCUT2D eigenvalue weighted by atomic mass is 9.97. The average Bonchev–Trinajstić information content (AvgIpc) is 2.49. The maximum absolute atomic E-state index is 5.29. The van der Waals surface area contributed by atoms with E-state index in [0.717, 1.165) is 30.5 Å². The molecule has 1 fully saturated rings. The molecule has 1 saturated heterocycles. The monoisotopic (exact) mass is 278 g/mol. The minimum absolute atomic E-state index is 0.804. The molecule has 0 unspecified atom stereocenters. The molecule has 0 atom stereocenters. The largest absolute Gasteiger partial charge is 0.497 e. The molecule has 112 valence electrons. The fraction of sp³-hybridized carbons (Fsp3) is 0.625. The second kappa shape index (κ2) is 7.50. The number of hydrogen-bond acceptors (Lipinski definition) is 4. The SMILES string of the molecule is COc1cc(CNCC2CCN(C)CC2)cc(OC)c1. The van der Waals surface area contributed by atoms with Crippen molar-refractivity contribution in [3.8, 4) is 11.5 Å². The van der Waals surface area contributed by atoms with Gasteiger partial charge >= 0.3 is 0 Å². The van der Waals surface area contributed by atoms with E-state index in [-0.39, 0.29) is 0 Å². The molecule has 1 N–H and O–H groups in total. The van der Waals surface area contributed by atoms with E-state index in [1.54, 1.807) is 14.2 Å². The zero-order valence-electron chi connectivity index (χ0n) is 12.8. The molecule has 20 heavy (non-hydrogen) atoms. The minimum atomic E-state index is 0.804. The second-order valence-corrected chi connectivity index (χ2v) is 5.60. The van der Waals surface area contributed by atoms with Gasteiger partial charge in [-0.3, -0.25) is 0 Å². The Balaban J connectivity index is 1.81. The van der Waals surface area contributed by atoms with Crippen LogP contribution in [0.15, 0.2) is 18.2 Å². The number of likely N-dealkylation sites (tertiary alicyclic amines) is 1. The lowest BCUT2D eigenvalue weighted by molar-refractivity contribution is 0.216. The maximum atomic E-state index is 5.29. The molecule has 1 aromatic rings. The number of rotatable bonds is 6. The third kappa shape index (κ3) is 4.39. The van der Waals surface area contributed by atoms with Crippen molar-refractivity contribution in [2.45, 2.75) is 19.4 Å². The Morgan fingerprint density at radius 3 is 2.25 bits per heavy atom. The number of piperidine rings is 1. The third-order valence-corrected chi connectivity index (χ3v) is 4.01. The summed E-state index contributed by atoms with van der Waals surface area (Å²) in [6.07, 6.45) is 2.59. The summed E-state index contributed by atoms with van der Waals surface area (Å²) in [5, 5.41) is 3.56. The van der Waals surface area contributed by atoms with Gasteiger partial charge in [0.25, 0.3) is 0 Å². The standard InChI is InChI=1S/C16H26N2O2/c1-18-6-4-13(5-7-18)11-17-12-14-8-15(19-2)10-16(9-14)20-3/h8-10,13,17H,4-7,11-12H2,1-3H3. The van der Waals surface area contributed by atoms with E-state index in [9.17, 15) is 0 Å². The highest BCUT2D eigenvalue weighted by Gasteiger charge is 2.15. The number of nitrogens with zero attached hydrogens (tertiary/aromatic N) is 1. The van der Waals surface area contributed by atoms with E-state index in [1.165, 1.54) is 31.5 Å². The van der Waals surface area contributed by atoms with Crippen molar-refractivity contribution in [1.29, 1.82) is 0 Å². The van der Waals surface area contributed by atoms with Crippen molar-refractivity contribution in [2.75, 3.05) is 40.9 Å². The van der Waals surface area contributed by atoms with Crippen LogP contribution in [0.1, 0.15) is 18.4 Å². The Bertz CT molecular complexity index is 393. The molecule has 0 bridgehead atoms. The molecule has 1 aromatic carbocycles.